The Morgan fingerprint density at radius 2 is 1.54 bits per heavy atom. The first kappa shape index (κ1) is 42.3. The van der Waals surface area contributed by atoms with Crippen molar-refractivity contribution < 1.29 is 29.1 Å². The Hall–Kier alpha value is -4.46. The van der Waals surface area contributed by atoms with Crippen molar-refractivity contribution in [3.8, 4) is 0 Å². The minimum Gasteiger partial charge on any atom is -0.381 e. The fourth-order valence-corrected chi connectivity index (χ4v) is 7.94. The second-order valence-corrected chi connectivity index (χ2v) is 16.7. The van der Waals surface area contributed by atoms with Crippen LogP contribution < -0.4 is 16.0 Å². The molecule has 5 amide bonds. The van der Waals surface area contributed by atoms with Gasteiger partial charge in [0.1, 0.15) is 18.1 Å². The summed E-state index contributed by atoms with van der Waals surface area (Å²) in [6.45, 7) is 9.26. The van der Waals surface area contributed by atoms with Crippen LogP contribution in [0.15, 0.2) is 72.8 Å². The van der Waals surface area contributed by atoms with E-state index in [1.54, 1.807) is 19.0 Å². The standard InChI is InChI=1S/C41H56N6O6S/c1-26(2)35(46(8)39(52)32(42-34(48)23-45(6)7)22-29-19-14-18-28-17-12-13-20-30(28)29)38(51)43-31(21-27-15-10-9-11-16-27)36(49)40(53)47-25-54-24-33(47)37(50)44-41(3,4)5/h9-20,26,31-33,35-36,49H,21-25H2,1-8H3,(H,42,48)(H,43,51)(H,44,50)/t31-,32-,33-,35-,36-/m0/s1. The average molecular weight is 761 g/mol. The van der Waals surface area contributed by atoms with Gasteiger partial charge in [-0.3, -0.25) is 24.0 Å². The maximum absolute atomic E-state index is 14.4. The lowest BCUT2D eigenvalue weighted by Crippen LogP contribution is -2.61. The molecule has 1 fully saturated rings. The molecule has 1 saturated heterocycles. The lowest BCUT2D eigenvalue weighted by atomic mass is 9.95. The average Bonchev–Trinajstić information content (AvgIpc) is 3.60. The molecule has 3 aromatic carbocycles. The summed E-state index contributed by atoms with van der Waals surface area (Å²) in [5.41, 5.74) is 1.13. The molecule has 0 spiro atoms. The Kier molecular flexibility index (Phi) is 14.7. The summed E-state index contributed by atoms with van der Waals surface area (Å²) in [7, 11) is 5.07. The van der Waals surface area contributed by atoms with Crippen molar-refractivity contribution in [3.05, 3.63) is 83.9 Å². The molecule has 3 aromatic rings. The molecule has 0 bridgehead atoms. The van der Waals surface area contributed by atoms with Crippen LogP contribution in [0, 0.1) is 5.92 Å². The summed E-state index contributed by atoms with van der Waals surface area (Å²) in [5, 5.41) is 22.4. The van der Waals surface area contributed by atoms with E-state index in [-0.39, 0.29) is 43.0 Å². The van der Waals surface area contributed by atoms with Crippen LogP contribution >= 0.6 is 11.8 Å². The normalized spacial score (nSPS) is 16.8. The molecule has 0 unspecified atom stereocenters. The Morgan fingerprint density at radius 1 is 0.889 bits per heavy atom. The molecule has 1 heterocycles. The van der Waals surface area contributed by atoms with Crippen LogP contribution in [0.4, 0.5) is 0 Å². The number of amides is 5. The number of fused-ring (bicyclic) bond motifs is 1. The molecule has 4 N–H and O–H groups in total. The molecular weight excluding hydrogens is 705 g/mol. The Balaban J connectivity index is 1.61. The molecule has 0 saturated carbocycles. The van der Waals surface area contributed by atoms with Crippen molar-refractivity contribution in [1.82, 2.24) is 30.7 Å². The molecule has 54 heavy (non-hydrogen) atoms. The number of hydrogen-bond acceptors (Lipinski definition) is 8. The highest BCUT2D eigenvalue weighted by Crippen LogP contribution is 2.25. The molecule has 1 aliphatic heterocycles. The summed E-state index contributed by atoms with van der Waals surface area (Å²) in [4.78, 5) is 73.4. The number of benzene rings is 3. The predicted octanol–water partition coefficient (Wildman–Crippen LogP) is 2.82. The first-order valence-electron chi connectivity index (χ1n) is 18.4. The molecule has 0 radical (unpaired) electrons. The molecule has 13 heteroatoms. The van der Waals surface area contributed by atoms with E-state index in [0.29, 0.717) is 5.75 Å². The fraction of sp³-hybridized carbons (Fsp3) is 0.488. The first-order valence-corrected chi connectivity index (χ1v) is 19.5. The quantitative estimate of drug-likeness (QED) is 0.185. The zero-order chi connectivity index (χ0) is 39.7. The highest BCUT2D eigenvalue weighted by atomic mass is 32.2. The number of likely N-dealkylation sites (N-methyl/N-ethyl adjacent to an activating group) is 2. The van der Waals surface area contributed by atoms with E-state index in [4.69, 9.17) is 0 Å². The smallest absolute Gasteiger partial charge is 0.254 e. The second kappa shape index (κ2) is 18.7. The molecule has 12 nitrogen and oxygen atoms in total. The molecule has 292 valence electrons. The van der Waals surface area contributed by atoms with E-state index in [9.17, 15) is 29.1 Å². The minimum absolute atomic E-state index is 0.0679. The lowest BCUT2D eigenvalue weighted by Gasteiger charge is -2.35. The van der Waals surface area contributed by atoms with Gasteiger partial charge in [0.2, 0.25) is 23.6 Å². The molecule has 1 aliphatic rings. The van der Waals surface area contributed by atoms with Crippen LogP contribution in [-0.2, 0) is 36.8 Å². The van der Waals surface area contributed by atoms with Crippen LogP contribution in [0.1, 0.15) is 45.7 Å². The van der Waals surface area contributed by atoms with Crippen LogP contribution in [0.3, 0.4) is 0 Å². The Bertz CT molecular complexity index is 1780. The van der Waals surface area contributed by atoms with E-state index >= 15 is 0 Å². The molecule has 4 rings (SSSR count). The van der Waals surface area contributed by atoms with Gasteiger partial charge >= 0.3 is 0 Å². The number of thioether (sulfide) groups is 1. The van der Waals surface area contributed by atoms with Gasteiger partial charge in [-0.2, -0.15) is 0 Å². The van der Waals surface area contributed by atoms with Crippen LogP contribution in [0.5, 0.6) is 0 Å². The number of aliphatic hydroxyl groups excluding tert-OH is 1. The van der Waals surface area contributed by atoms with Crippen molar-refractivity contribution in [2.75, 3.05) is 39.3 Å². The van der Waals surface area contributed by atoms with E-state index in [1.165, 1.54) is 28.6 Å². The summed E-state index contributed by atoms with van der Waals surface area (Å²) >= 11 is 1.42. The van der Waals surface area contributed by atoms with Crippen LogP contribution in [0.25, 0.3) is 10.8 Å². The largest absolute Gasteiger partial charge is 0.381 e. The Labute approximate surface area is 323 Å². The van der Waals surface area contributed by atoms with Crippen LogP contribution in [0.2, 0.25) is 0 Å². The van der Waals surface area contributed by atoms with Gasteiger partial charge in [-0.1, -0.05) is 86.6 Å². The van der Waals surface area contributed by atoms with Gasteiger partial charge in [0.15, 0.2) is 6.10 Å². The van der Waals surface area contributed by atoms with Gasteiger partial charge in [0.25, 0.3) is 5.91 Å². The third-order valence-electron chi connectivity index (χ3n) is 9.29. The second-order valence-electron chi connectivity index (χ2n) is 15.7. The number of nitrogens with one attached hydrogen (secondary N) is 3. The van der Waals surface area contributed by atoms with Crippen molar-refractivity contribution in [3.63, 3.8) is 0 Å². The Morgan fingerprint density at radius 3 is 2.19 bits per heavy atom. The van der Waals surface area contributed by atoms with Gasteiger partial charge in [-0.05, 0) is 69.1 Å². The van der Waals surface area contributed by atoms with E-state index in [2.05, 4.69) is 16.0 Å². The summed E-state index contributed by atoms with van der Waals surface area (Å²) in [5.74, 6) is -2.13. The van der Waals surface area contributed by atoms with Gasteiger partial charge in [-0.25, -0.2) is 0 Å². The minimum atomic E-state index is -1.68. The van der Waals surface area contributed by atoms with E-state index in [1.807, 2.05) is 107 Å². The third kappa shape index (κ3) is 11.3. The maximum atomic E-state index is 14.4. The predicted molar refractivity (Wildman–Crippen MR) is 213 cm³/mol. The van der Waals surface area contributed by atoms with Crippen molar-refractivity contribution in [1.29, 1.82) is 0 Å². The fourth-order valence-electron chi connectivity index (χ4n) is 6.78. The lowest BCUT2D eigenvalue weighted by molar-refractivity contribution is -0.148. The highest BCUT2D eigenvalue weighted by Gasteiger charge is 2.42. The number of nitrogens with zero attached hydrogens (tertiary/aromatic N) is 3. The summed E-state index contributed by atoms with van der Waals surface area (Å²) in [6.07, 6.45) is -1.37. The summed E-state index contributed by atoms with van der Waals surface area (Å²) < 4.78 is 0. The SMILES string of the molecule is CC(C)[C@@H](C(=O)N[C@@H](Cc1ccccc1)[C@H](O)C(=O)N1CSC[C@H]1C(=O)NC(C)(C)C)N(C)C(=O)[C@H](Cc1cccc2ccccc12)NC(=O)CN(C)C. The number of aliphatic hydroxyl groups is 1. The maximum Gasteiger partial charge on any atom is 0.254 e. The van der Waals surface area contributed by atoms with Crippen LogP contribution in [-0.4, -0.2) is 124 Å². The third-order valence-corrected chi connectivity index (χ3v) is 10.3. The number of carbonyl (C=O) groups excluding carboxylic acids is 5. The van der Waals surface area contributed by atoms with Gasteiger partial charge in [-0.15, -0.1) is 11.8 Å². The zero-order valence-electron chi connectivity index (χ0n) is 32.7. The monoisotopic (exact) mass is 760 g/mol. The van der Waals surface area contributed by atoms with Crippen molar-refractivity contribution in [2.45, 2.75) is 83.3 Å². The van der Waals surface area contributed by atoms with Crippen molar-refractivity contribution in [2.24, 2.45) is 5.92 Å². The van der Waals surface area contributed by atoms with E-state index < -0.39 is 53.5 Å². The number of rotatable bonds is 15. The zero-order valence-corrected chi connectivity index (χ0v) is 33.5. The molecule has 5 atom stereocenters. The summed E-state index contributed by atoms with van der Waals surface area (Å²) in [6, 6.07) is 19.0. The molecule has 0 aromatic heterocycles. The van der Waals surface area contributed by atoms with E-state index in [0.717, 1.165) is 21.9 Å². The first-order chi connectivity index (χ1) is 25.5. The molecule has 0 aliphatic carbocycles. The molecular formula is C41H56N6O6S. The number of carbonyl (C=O) groups is 5. The van der Waals surface area contributed by atoms with Gasteiger partial charge in [0, 0.05) is 24.8 Å². The van der Waals surface area contributed by atoms with Gasteiger partial charge < -0.3 is 35.8 Å². The topological polar surface area (TPSA) is 151 Å². The highest BCUT2D eigenvalue weighted by molar-refractivity contribution is 7.99. The number of hydrogen-bond donors (Lipinski definition) is 4. The van der Waals surface area contributed by atoms with Crippen molar-refractivity contribution >= 4 is 52.1 Å². The van der Waals surface area contributed by atoms with Gasteiger partial charge in [0.05, 0.1) is 18.5 Å².